The van der Waals surface area contributed by atoms with Crippen LogP contribution in [0, 0.1) is 0 Å². The summed E-state index contributed by atoms with van der Waals surface area (Å²) in [5, 5.41) is 12.9. The molecule has 3 heteroatoms. The van der Waals surface area contributed by atoms with E-state index >= 15 is 0 Å². The second kappa shape index (κ2) is 8.50. The van der Waals surface area contributed by atoms with Crippen LogP contribution in [0.15, 0.2) is 146 Å². The fourth-order valence-corrected chi connectivity index (χ4v) is 9.28. The first-order valence-electron chi connectivity index (χ1n) is 15.5. The monoisotopic (exact) mass is 588 g/mol. The number of thiophene rings is 1. The van der Waals surface area contributed by atoms with Crippen LogP contribution in [0.1, 0.15) is 0 Å². The van der Waals surface area contributed by atoms with Gasteiger partial charge in [-0.25, -0.2) is 0 Å². The quantitative estimate of drug-likeness (QED) is 0.180. The Kier molecular flexibility index (Phi) is 4.49. The minimum absolute atomic E-state index is 1.18. The van der Waals surface area contributed by atoms with Gasteiger partial charge in [0.1, 0.15) is 0 Å². The maximum absolute atomic E-state index is 2.57. The molecule has 0 N–H and O–H groups in total. The third-order valence-electron chi connectivity index (χ3n) is 9.85. The van der Waals surface area contributed by atoms with Crippen LogP contribution < -0.4 is 0 Å². The predicted octanol–water partition coefficient (Wildman–Crippen LogP) is 12.0. The number of para-hydroxylation sites is 3. The minimum atomic E-state index is 1.18. The van der Waals surface area contributed by atoms with Gasteiger partial charge in [-0.2, -0.15) is 0 Å². The Labute approximate surface area is 261 Å². The van der Waals surface area contributed by atoms with Gasteiger partial charge in [-0.1, -0.05) is 103 Å². The zero-order chi connectivity index (χ0) is 29.2. The van der Waals surface area contributed by atoms with Crippen molar-refractivity contribution in [2.45, 2.75) is 0 Å². The van der Waals surface area contributed by atoms with Gasteiger partial charge in [-0.15, -0.1) is 11.3 Å². The molecule has 7 aromatic carbocycles. The lowest BCUT2D eigenvalue weighted by atomic mass is 10.0. The Bertz CT molecular complexity index is 3030. The van der Waals surface area contributed by atoms with E-state index in [1.54, 1.807) is 0 Å². The van der Waals surface area contributed by atoms with Gasteiger partial charge in [0.25, 0.3) is 0 Å². The molecule has 4 aromatic heterocycles. The summed E-state index contributed by atoms with van der Waals surface area (Å²) < 4.78 is 7.69. The van der Waals surface area contributed by atoms with Crippen LogP contribution in [0.4, 0.5) is 0 Å². The number of aromatic nitrogens is 2. The molecule has 11 rings (SSSR count). The second-order valence-electron chi connectivity index (χ2n) is 12.1. The largest absolute Gasteiger partial charge is 0.309 e. The van der Waals surface area contributed by atoms with E-state index in [0.717, 1.165) is 0 Å². The second-order valence-corrected chi connectivity index (χ2v) is 13.1. The van der Waals surface area contributed by atoms with Crippen molar-refractivity contribution in [1.82, 2.24) is 8.97 Å². The molecule has 11 aromatic rings. The van der Waals surface area contributed by atoms with E-state index in [9.17, 15) is 0 Å². The van der Waals surface area contributed by atoms with Crippen LogP contribution in [0.25, 0.3) is 96.5 Å². The molecule has 0 unspecified atom stereocenters. The lowest BCUT2D eigenvalue weighted by Gasteiger charge is -2.09. The van der Waals surface area contributed by atoms with E-state index < -0.39 is 0 Å². The summed E-state index contributed by atoms with van der Waals surface area (Å²) in [6.07, 6.45) is 0. The summed E-state index contributed by atoms with van der Waals surface area (Å²) >= 11 is 1.90. The summed E-state index contributed by atoms with van der Waals surface area (Å²) in [6.45, 7) is 0. The highest BCUT2D eigenvalue weighted by Crippen LogP contribution is 2.46. The summed E-state index contributed by atoms with van der Waals surface area (Å²) in [4.78, 5) is 0. The van der Waals surface area contributed by atoms with Crippen LogP contribution in [0.2, 0.25) is 0 Å². The molecular formula is C42H24N2S. The molecule has 0 aliphatic heterocycles. The summed E-state index contributed by atoms with van der Waals surface area (Å²) in [7, 11) is 0. The van der Waals surface area contributed by atoms with Crippen molar-refractivity contribution in [3.63, 3.8) is 0 Å². The van der Waals surface area contributed by atoms with Crippen molar-refractivity contribution in [3.8, 4) is 5.69 Å². The standard InChI is InChI=1S/C42H24N2S/c1-2-11-25(12-3-1)43-33-19-7-6-15-28(33)31-23-24-35-38(42(31)43)32-18-8-17-30-27-14-5-4-13-26(27)29-16-9-21-36-39(29)40-34(44(35)41(30)32)20-10-22-37(40)45-36/h1-24H. The fraction of sp³-hybridized carbons (Fsp3) is 0. The normalized spacial score (nSPS) is 12.4. The molecule has 45 heavy (non-hydrogen) atoms. The highest BCUT2D eigenvalue weighted by Gasteiger charge is 2.22. The third kappa shape index (κ3) is 2.94. The Morgan fingerprint density at radius 3 is 1.78 bits per heavy atom. The number of nitrogens with zero attached hydrogens (tertiary/aromatic N) is 2. The topological polar surface area (TPSA) is 9.34 Å². The van der Waals surface area contributed by atoms with Crippen LogP contribution in [0.5, 0.6) is 0 Å². The van der Waals surface area contributed by atoms with E-state index in [-0.39, 0.29) is 0 Å². The van der Waals surface area contributed by atoms with Crippen molar-refractivity contribution >= 4 is 102 Å². The zero-order valence-corrected chi connectivity index (χ0v) is 25.0. The molecule has 0 saturated carbocycles. The first kappa shape index (κ1) is 23.8. The summed E-state index contributed by atoms with van der Waals surface area (Å²) in [5.74, 6) is 0. The van der Waals surface area contributed by atoms with Crippen LogP contribution in [-0.4, -0.2) is 8.97 Å². The lowest BCUT2D eigenvalue weighted by molar-refractivity contribution is 1.19. The summed E-state index contributed by atoms with van der Waals surface area (Å²) in [6, 6.07) is 53.9. The molecule has 0 fully saturated rings. The first-order valence-corrected chi connectivity index (χ1v) is 16.3. The van der Waals surface area contributed by atoms with Crippen LogP contribution in [0.3, 0.4) is 0 Å². The average molecular weight is 589 g/mol. The maximum atomic E-state index is 2.57. The maximum Gasteiger partial charge on any atom is 0.0641 e. The van der Waals surface area contributed by atoms with E-state index in [1.165, 1.54) is 96.5 Å². The smallest absolute Gasteiger partial charge is 0.0641 e. The Hall–Kier alpha value is -5.64. The van der Waals surface area contributed by atoms with Crippen molar-refractivity contribution < 1.29 is 0 Å². The minimum Gasteiger partial charge on any atom is -0.309 e. The predicted molar refractivity (Wildman–Crippen MR) is 195 cm³/mol. The van der Waals surface area contributed by atoms with Gasteiger partial charge in [0, 0.05) is 52.8 Å². The molecule has 4 heterocycles. The Balaban J connectivity index is 1.54. The van der Waals surface area contributed by atoms with Gasteiger partial charge < -0.3 is 8.97 Å². The van der Waals surface area contributed by atoms with Gasteiger partial charge in [0.2, 0.25) is 0 Å². The highest BCUT2D eigenvalue weighted by atomic mass is 32.1. The van der Waals surface area contributed by atoms with E-state index in [4.69, 9.17) is 0 Å². The fourth-order valence-electron chi connectivity index (χ4n) is 8.13. The molecule has 2 nitrogen and oxygen atoms in total. The van der Waals surface area contributed by atoms with Crippen molar-refractivity contribution in [3.05, 3.63) is 146 Å². The van der Waals surface area contributed by atoms with Crippen molar-refractivity contribution in [2.75, 3.05) is 0 Å². The third-order valence-corrected chi connectivity index (χ3v) is 11.0. The van der Waals surface area contributed by atoms with E-state index in [0.29, 0.717) is 0 Å². The number of hydrogen-bond acceptors (Lipinski definition) is 1. The molecule has 0 radical (unpaired) electrons. The SMILES string of the molecule is c1ccc(-n2c3ccccc3c3ccc4c(c5cccc6c7ccccc7c7cccc8sc9cccc(c9c87)n4c65)c32)cc1. The molecular weight excluding hydrogens is 565 g/mol. The lowest BCUT2D eigenvalue weighted by Crippen LogP contribution is -1.93. The van der Waals surface area contributed by atoms with Gasteiger partial charge >= 0.3 is 0 Å². The zero-order valence-electron chi connectivity index (χ0n) is 24.2. The molecule has 0 aliphatic carbocycles. The van der Waals surface area contributed by atoms with Gasteiger partial charge in [0.15, 0.2) is 0 Å². The van der Waals surface area contributed by atoms with E-state index in [1.807, 2.05) is 11.3 Å². The molecule has 0 aliphatic rings. The van der Waals surface area contributed by atoms with Gasteiger partial charge in [0.05, 0.1) is 27.6 Å². The molecule has 0 bridgehead atoms. The van der Waals surface area contributed by atoms with Crippen molar-refractivity contribution in [1.29, 1.82) is 0 Å². The highest BCUT2D eigenvalue weighted by molar-refractivity contribution is 7.26. The molecule has 0 amide bonds. The summed E-state index contributed by atoms with van der Waals surface area (Å²) in [5.41, 5.74) is 7.40. The van der Waals surface area contributed by atoms with Gasteiger partial charge in [-0.3, -0.25) is 0 Å². The average Bonchev–Trinajstić information content (AvgIpc) is 3.76. The molecule has 0 saturated heterocycles. The molecule has 208 valence electrons. The van der Waals surface area contributed by atoms with Crippen LogP contribution >= 0.6 is 11.3 Å². The Morgan fingerprint density at radius 1 is 0.333 bits per heavy atom. The number of benzene rings is 7. The first-order chi connectivity index (χ1) is 22.4. The number of hydrogen-bond donors (Lipinski definition) is 0. The molecule has 0 atom stereocenters. The van der Waals surface area contributed by atoms with Crippen LogP contribution in [-0.2, 0) is 0 Å². The number of fused-ring (bicyclic) bond motifs is 11. The molecule has 0 spiro atoms. The van der Waals surface area contributed by atoms with Crippen molar-refractivity contribution in [2.24, 2.45) is 0 Å². The van der Waals surface area contributed by atoms with E-state index in [2.05, 4.69) is 155 Å². The number of rotatable bonds is 1. The Morgan fingerprint density at radius 2 is 0.911 bits per heavy atom. The van der Waals surface area contributed by atoms with Gasteiger partial charge in [-0.05, 0) is 58.6 Å².